The summed E-state index contributed by atoms with van der Waals surface area (Å²) >= 11 is 0. The number of hydrogen-bond donors (Lipinski definition) is 1. The van der Waals surface area contributed by atoms with Crippen LogP contribution in [0.1, 0.15) is 0 Å². The highest BCUT2D eigenvalue weighted by Gasteiger charge is 2.19. The fraction of sp³-hybridized carbons (Fsp3) is 0.176. The first-order valence-electron chi connectivity index (χ1n) is 7.93. The lowest BCUT2D eigenvalue weighted by atomic mass is 10.2. The van der Waals surface area contributed by atoms with E-state index in [0.717, 1.165) is 22.4 Å². The average Bonchev–Trinajstić information content (AvgIpc) is 2.90. The molecule has 1 aromatic heterocycles. The first-order chi connectivity index (χ1) is 12.8. The molecule has 27 heavy (non-hydrogen) atoms. The van der Waals surface area contributed by atoms with Crippen LogP contribution in [0.5, 0.6) is 0 Å². The minimum Gasteiger partial charge on any atom is -0.278 e. The number of halogens is 2. The van der Waals surface area contributed by atoms with Crippen LogP contribution in [0.25, 0.3) is 11.4 Å². The van der Waals surface area contributed by atoms with E-state index in [-0.39, 0.29) is 13.1 Å². The summed E-state index contributed by atoms with van der Waals surface area (Å²) in [5.41, 5.74) is 0.325. The van der Waals surface area contributed by atoms with Gasteiger partial charge in [0.05, 0.1) is 6.54 Å². The number of benzene rings is 2. The summed E-state index contributed by atoms with van der Waals surface area (Å²) < 4.78 is 55.5. The van der Waals surface area contributed by atoms with E-state index in [1.807, 2.05) is 18.2 Å². The molecular weight excluding hydrogens is 378 g/mol. The van der Waals surface area contributed by atoms with Crippen molar-refractivity contribution in [3.63, 3.8) is 0 Å². The molecular formula is C17H16F2N4O3S. The van der Waals surface area contributed by atoms with Crippen molar-refractivity contribution < 1.29 is 17.2 Å². The van der Waals surface area contributed by atoms with E-state index in [9.17, 15) is 22.0 Å². The summed E-state index contributed by atoms with van der Waals surface area (Å²) in [7, 11) is -2.63. The molecule has 0 aliphatic carbocycles. The molecule has 3 aromatic rings. The van der Waals surface area contributed by atoms with E-state index in [1.165, 1.54) is 4.57 Å². The van der Waals surface area contributed by atoms with Gasteiger partial charge in [0.15, 0.2) is 5.82 Å². The Kier molecular flexibility index (Phi) is 5.19. The van der Waals surface area contributed by atoms with Crippen molar-refractivity contribution in [1.82, 2.24) is 19.1 Å². The molecule has 0 unspecified atom stereocenters. The van der Waals surface area contributed by atoms with Crippen molar-refractivity contribution in [2.24, 2.45) is 7.05 Å². The molecule has 0 radical (unpaired) electrons. The Balaban J connectivity index is 1.75. The highest BCUT2D eigenvalue weighted by Crippen LogP contribution is 2.15. The van der Waals surface area contributed by atoms with Gasteiger partial charge in [-0.25, -0.2) is 31.4 Å². The van der Waals surface area contributed by atoms with Crippen LogP contribution in [0.3, 0.4) is 0 Å². The van der Waals surface area contributed by atoms with Crippen molar-refractivity contribution in [1.29, 1.82) is 0 Å². The molecule has 0 aliphatic rings. The summed E-state index contributed by atoms with van der Waals surface area (Å²) in [6, 6.07) is 11.2. The van der Waals surface area contributed by atoms with Gasteiger partial charge in [-0.15, -0.1) is 5.10 Å². The lowest BCUT2D eigenvalue weighted by molar-refractivity contribution is 0.532. The van der Waals surface area contributed by atoms with Gasteiger partial charge in [0.25, 0.3) is 0 Å². The van der Waals surface area contributed by atoms with E-state index in [0.29, 0.717) is 11.9 Å². The van der Waals surface area contributed by atoms with Gasteiger partial charge in [-0.3, -0.25) is 4.57 Å². The van der Waals surface area contributed by atoms with Gasteiger partial charge in [-0.2, -0.15) is 0 Å². The first-order valence-corrected chi connectivity index (χ1v) is 9.42. The highest BCUT2D eigenvalue weighted by atomic mass is 32.2. The SMILES string of the molecule is Cn1c(-c2ccccc2)nn(CCNS(=O)(=O)c2ccc(F)cc2F)c1=O. The van der Waals surface area contributed by atoms with Crippen LogP contribution in [-0.2, 0) is 23.6 Å². The third-order valence-corrected chi connectivity index (χ3v) is 5.37. The summed E-state index contributed by atoms with van der Waals surface area (Å²) in [6.45, 7) is -0.244. The molecule has 1 N–H and O–H groups in total. The van der Waals surface area contributed by atoms with Crippen molar-refractivity contribution in [2.45, 2.75) is 11.4 Å². The molecule has 3 rings (SSSR count). The second kappa shape index (κ2) is 7.41. The van der Waals surface area contributed by atoms with Gasteiger partial charge < -0.3 is 0 Å². The smallest absolute Gasteiger partial charge is 0.278 e. The average molecular weight is 394 g/mol. The zero-order chi connectivity index (χ0) is 19.6. The Morgan fingerprint density at radius 1 is 1.11 bits per heavy atom. The van der Waals surface area contributed by atoms with E-state index >= 15 is 0 Å². The molecule has 0 saturated carbocycles. The predicted molar refractivity (Wildman–Crippen MR) is 94.5 cm³/mol. The van der Waals surface area contributed by atoms with Crippen LogP contribution < -0.4 is 10.4 Å². The van der Waals surface area contributed by atoms with E-state index in [4.69, 9.17) is 0 Å². The van der Waals surface area contributed by atoms with Gasteiger partial charge in [-0.1, -0.05) is 30.3 Å². The normalized spacial score (nSPS) is 11.7. The van der Waals surface area contributed by atoms with Gasteiger partial charge in [0, 0.05) is 25.2 Å². The summed E-state index contributed by atoms with van der Waals surface area (Å²) in [5, 5.41) is 4.21. The van der Waals surface area contributed by atoms with Crippen LogP contribution in [0, 0.1) is 11.6 Å². The number of hydrogen-bond acceptors (Lipinski definition) is 4. The third kappa shape index (κ3) is 3.96. The summed E-state index contributed by atoms with van der Waals surface area (Å²) in [5.74, 6) is -1.63. The highest BCUT2D eigenvalue weighted by molar-refractivity contribution is 7.89. The van der Waals surface area contributed by atoms with E-state index in [1.54, 1.807) is 19.2 Å². The van der Waals surface area contributed by atoms with Gasteiger partial charge in [0.1, 0.15) is 16.5 Å². The standard InChI is InChI=1S/C17H16F2N4O3S/c1-22-16(12-5-3-2-4-6-12)21-23(17(22)24)10-9-20-27(25,26)15-8-7-13(18)11-14(15)19/h2-8,11,20H,9-10H2,1H3. The maximum Gasteiger partial charge on any atom is 0.345 e. The van der Waals surface area contributed by atoms with Crippen LogP contribution in [0.15, 0.2) is 58.2 Å². The van der Waals surface area contributed by atoms with E-state index in [2.05, 4.69) is 9.82 Å². The molecule has 0 atom stereocenters. The maximum atomic E-state index is 13.7. The zero-order valence-corrected chi connectivity index (χ0v) is 15.1. The Labute approximate surface area is 153 Å². The lowest BCUT2D eigenvalue weighted by Crippen LogP contribution is -2.32. The minimum absolute atomic E-state index is 0.0540. The van der Waals surface area contributed by atoms with Crippen molar-refractivity contribution in [3.8, 4) is 11.4 Å². The zero-order valence-electron chi connectivity index (χ0n) is 14.3. The van der Waals surface area contributed by atoms with Crippen LogP contribution in [0.2, 0.25) is 0 Å². The topological polar surface area (TPSA) is 86.0 Å². The molecule has 7 nitrogen and oxygen atoms in total. The van der Waals surface area contributed by atoms with Crippen molar-refractivity contribution in [2.75, 3.05) is 6.54 Å². The van der Waals surface area contributed by atoms with E-state index < -0.39 is 32.2 Å². The molecule has 142 valence electrons. The summed E-state index contributed by atoms with van der Waals surface area (Å²) in [6.07, 6.45) is 0. The molecule has 0 fully saturated rings. The predicted octanol–water partition coefficient (Wildman–Crippen LogP) is 1.51. The van der Waals surface area contributed by atoms with Gasteiger partial charge >= 0.3 is 5.69 Å². The lowest BCUT2D eigenvalue weighted by Gasteiger charge is -2.07. The van der Waals surface area contributed by atoms with Crippen LogP contribution in [0.4, 0.5) is 8.78 Å². The molecule has 1 heterocycles. The Bertz CT molecular complexity index is 1120. The fourth-order valence-electron chi connectivity index (χ4n) is 2.53. The fourth-order valence-corrected chi connectivity index (χ4v) is 3.61. The second-order valence-electron chi connectivity index (χ2n) is 5.73. The largest absolute Gasteiger partial charge is 0.345 e. The van der Waals surface area contributed by atoms with Gasteiger partial charge in [-0.05, 0) is 12.1 Å². The Morgan fingerprint density at radius 3 is 2.48 bits per heavy atom. The number of nitrogens with zero attached hydrogens (tertiary/aromatic N) is 3. The summed E-state index contributed by atoms with van der Waals surface area (Å²) in [4.78, 5) is 11.6. The molecule has 0 spiro atoms. The maximum absolute atomic E-state index is 13.7. The first kappa shape index (κ1) is 18.9. The van der Waals surface area contributed by atoms with Crippen molar-refractivity contribution >= 4 is 10.0 Å². The Morgan fingerprint density at radius 2 is 1.81 bits per heavy atom. The van der Waals surface area contributed by atoms with Crippen LogP contribution in [-0.4, -0.2) is 29.3 Å². The monoisotopic (exact) mass is 394 g/mol. The molecule has 0 amide bonds. The number of sulfonamides is 1. The second-order valence-corrected chi connectivity index (χ2v) is 7.46. The molecule has 0 aliphatic heterocycles. The van der Waals surface area contributed by atoms with Gasteiger partial charge in [0.2, 0.25) is 10.0 Å². The van der Waals surface area contributed by atoms with Crippen molar-refractivity contribution in [3.05, 3.63) is 70.6 Å². The minimum atomic E-state index is -4.19. The molecule has 0 bridgehead atoms. The number of rotatable bonds is 6. The number of nitrogens with one attached hydrogen (secondary N) is 1. The third-order valence-electron chi connectivity index (χ3n) is 3.87. The molecule has 0 saturated heterocycles. The number of aromatic nitrogens is 3. The Hall–Kier alpha value is -2.85. The molecule has 10 heteroatoms. The molecule has 2 aromatic carbocycles. The van der Waals surface area contributed by atoms with Crippen LogP contribution >= 0.6 is 0 Å². The quantitative estimate of drug-likeness (QED) is 0.687.